The van der Waals surface area contributed by atoms with E-state index in [1.165, 1.54) is 0 Å². The predicted octanol–water partition coefficient (Wildman–Crippen LogP) is 2.70. The largest absolute Gasteiger partial charge is 0.496 e. The van der Waals surface area contributed by atoms with Crippen LogP contribution < -0.4 is 19.5 Å². The second-order valence-corrected chi connectivity index (χ2v) is 6.08. The zero-order valence-corrected chi connectivity index (χ0v) is 15.3. The lowest BCUT2D eigenvalue weighted by atomic mass is 9.99. The minimum absolute atomic E-state index is 0.118. The quantitative estimate of drug-likeness (QED) is 0.836. The highest BCUT2D eigenvalue weighted by molar-refractivity contribution is 5.81. The van der Waals surface area contributed by atoms with E-state index in [9.17, 15) is 4.79 Å². The molecule has 0 aliphatic heterocycles. The van der Waals surface area contributed by atoms with Crippen molar-refractivity contribution in [2.45, 2.75) is 25.8 Å². The zero-order valence-electron chi connectivity index (χ0n) is 15.3. The van der Waals surface area contributed by atoms with E-state index >= 15 is 0 Å². The average molecular weight is 344 g/mol. The number of aromatic nitrogens is 1. The van der Waals surface area contributed by atoms with Gasteiger partial charge in [-0.05, 0) is 26.0 Å². The summed E-state index contributed by atoms with van der Waals surface area (Å²) in [6.45, 7) is 3.82. The van der Waals surface area contributed by atoms with Gasteiger partial charge in [-0.1, -0.05) is 6.07 Å². The molecule has 0 fully saturated rings. The molecule has 1 heterocycles. The number of methoxy groups -OCH3 is 3. The first-order chi connectivity index (χ1) is 11.9. The van der Waals surface area contributed by atoms with Gasteiger partial charge in [0.05, 0.1) is 39.0 Å². The molecule has 1 aromatic carbocycles. The summed E-state index contributed by atoms with van der Waals surface area (Å²) < 4.78 is 16.0. The minimum Gasteiger partial charge on any atom is -0.496 e. The third-order valence-electron chi connectivity index (χ3n) is 3.91. The number of hydrogen-bond acceptors (Lipinski definition) is 5. The van der Waals surface area contributed by atoms with E-state index in [1.54, 1.807) is 39.7 Å². The summed E-state index contributed by atoms with van der Waals surface area (Å²) in [5.41, 5.74) is 0.864. The maximum absolute atomic E-state index is 12.6. The first kappa shape index (κ1) is 18.6. The predicted molar refractivity (Wildman–Crippen MR) is 95.2 cm³/mol. The van der Waals surface area contributed by atoms with Gasteiger partial charge in [-0.15, -0.1) is 0 Å². The Morgan fingerprint density at radius 1 is 1.08 bits per heavy atom. The highest BCUT2D eigenvalue weighted by Gasteiger charge is 2.25. The molecule has 134 valence electrons. The van der Waals surface area contributed by atoms with Gasteiger partial charge in [0.25, 0.3) is 0 Å². The van der Waals surface area contributed by atoms with Crippen LogP contribution in [0.5, 0.6) is 17.2 Å². The van der Waals surface area contributed by atoms with Gasteiger partial charge in [-0.3, -0.25) is 9.78 Å². The molecule has 0 bridgehead atoms. The summed E-state index contributed by atoms with van der Waals surface area (Å²) in [6.07, 6.45) is 1.82. The van der Waals surface area contributed by atoms with Gasteiger partial charge < -0.3 is 19.5 Å². The van der Waals surface area contributed by atoms with Crippen LogP contribution in [-0.2, 0) is 16.8 Å². The second kappa shape index (κ2) is 7.88. The second-order valence-electron chi connectivity index (χ2n) is 6.08. The molecule has 0 saturated carbocycles. The average Bonchev–Trinajstić information content (AvgIpc) is 2.62. The molecule has 0 saturated heterocycles. The van der Waals surface area contributed by atoms with Crippen LogP contribution in [0.4, 0.5) is 0 Å². The molecule has 0 radical (unpaired) electrons. The maximum atomic E-state index is 12.6. The van der Waals surface area contributed by atoms with Crippen molar-refractivity contribution in [1.29, 1.82) is 0 Å². The van der Waals surface area contributed by atoms with Gasteiger partial charge in [0.2, 0.25) is 5.91 Å². The standard InChI is InChI=1S/C19H24N2O4/c1-19(2,17-8-6-7-9-20-17)21-18(22)12-14-15(24-4)10-13(23-3)11-16(14)25-5/h6-11H,12H2,1-5H3,(H,21,22). The van der Waals surface area contributed by atoms with Crippen LogP contribution in [0, 0.1) is 0 Å². The number of hydrogen-bond donors (Lipinski definition) is 1. The molecule has 0 spiro atoms. The Balaban J connectivity index is 2.23. The number of ether oxygens (including phenoxy) is 3. The Kier molecular flexibility index (Phi) is 5.85. The normalized spacial score (nSPS) is 10.9. The number of benzene rings is 1. The van der Waals surface area contributed by atoms with E-state index in [2.05, 4.69) is 10.3 Å². The van der Waals surface area contributed by atoms with E-state index in [0.29, 0.717) is 22.8 Å². The molecule has 0 atom stereocenters. The monoisotopic (exact) mass is 344 g/mol. The molecule has 0 aliphatic carbocycles. The van der Waals surface area contributed by atoms with Crippen molar-refractivity contribution in [2.24, 2.45) is 0 Å². The molecule has 2 aromatic rings. The third-order valence-corrected chi connectivity index (χ3v) is 3.91. The number of nitrogens with zero attached hydrogens (tertiary/aromatic N) is 1. The molecular weight excluding hydrogens is 320 g/mol. The van der Waals surface area contributed by atoms with Crippen LogP contribution in [0.2, 0.25) is 0 Å². The van der Waals surface area contributed by atoms with E-state index < -0.39 is 5.54 Å². The Morgan fingerprint density at radius 2 is 1.72 bits per heavy atom. The van der Waals surface area contributed by atoms with Crippen LogP contribution in [-0.4, -0.2) is 32.2 Å². The van der Waals surface area contributed by atoms with Crippen molar-refractivity contribution in [2.75, 3.05) is 21.3 Å². The van der Waals surface area contributed by atoms with Crippen LogP contribution in [0.15, 0.2) is 36.5 Å². The highest BCUT2D eigenvalue weighted by Crippen LogP contribution is 2.34. The summed E-state index contributed by atoms with van der Waals surface area (Å²) in [5.74, 6) is 1.54. The Hall–Kier alpha value is -2.76. The first-order valence-electron chi connectivity index (χ1n) is 7.92. The molecule has 6 nitrogen and oxygen atoms in total. The Bertz CT molecular complexity index is 704. The molecule has 1 amide bonds. The summed E-state index contributed by atoms with van der Waals surface area (Å²) in [7, 11) is 4.66. The SMILES string of the molecule is COc1cc(OC)c(CC(=O)NC(C)(C)c2ccccn2)c(OC)c1. The van der Waals surface area contributed by atoms with Crippen LogP contribution >= 0.6 is 0 Å². The van der Waals surface area contributed by atoms with E-state index in [1.807, 2.05) is 32.0 Å². The first-order valence-corrected chi connectivity index (χ1v) is 7.92. The fourth-order valence-electron chi connectivity index (χ4n) is 2.60. The zero-order chi connectivity index (χ0) is 18.4. The van der Waals surface area contributed by atoms with Crippen LogP contribution in [0.25, 0.3) is 0 Å². The van der Waals surface area contributed by atoms with Gasteiger partial charge >= 0.3 is 0 Å². The number of amides is 1. The van der Waals surface area contributed by atoms with Gasteiger partial charge in [0.1, 0.15) is 17.2 Å². The van der Waals surface area contributed by atoms with Gasteiger partial charge in [-0.2, -0.15) is 0 Å². The third kappa shape index (κ3) is 4.41. The highest BCUT2D eigenvalue weighted by atomic mass is 16.5. The van der Waals surface area contributed by atoms with Gasteiger partial charge in [0, 0.05) is 23.9 Å². The maximum Gasteiger partial charge on any atom is 0.225 e. The lowest BCUT2D eigenvalue weighted by molar-refractivity contribution is -0.122. The van der Waals surface area contributed by atoms with E-state index in [4.69, 9.17) is 14.2 Å². The van der Waals surface area contributed by atoms with Crippen LogP contribution in [0.1, 0.15) is 25.1 Å². The Labute approximate surface area is 148 Å². The van der Waals surface area contributed by atoms with Crippen molar-refractivity contribution >= 4 is 5.91 Å². The summed E-state index contributed by atoms with van der Waals surface area (Å²) >= 11 is 0. The lowest BCUT2D eigenvalue weighted by Crippen LogP contribution is -2.42. The van der Waals surface area contributed by atoms with Crippen molar-refractivity contribution in [3.8, 4) is 17.2 Å². The Morgan fingerprint density at radius 3 is 2.20 bits per heavy atom. The van der Waals surface area contributed by atoms with E-state index in [0.717, 1.165) is 5.69 Å². The van der Waals surface area contributed by atoms with Crippen molar-refractivity contribution in [3.05, 3.63) is 47.8 Å². The number of carbonyl (C=O) groups is 1. The summed E-state index contributed by atoms with van der Waals surface area (Å²) in [4.78, 5) is 16.9. The minimum atomic E-state index is -0.592. The summed E-state index contributed by atoms with van der Waals surface area (Å²) in [5, 5.41) is 3.01. The van der Waals surface area contributed by atoms with Gasteiger partial charge in [-0.25, -0.2) is 0 Å². The van der Waals surface area contributed by atoms with Crippen molar-refractivity contribution < 1.29 is 19.0 Å². The number of nitrogens with one attached hydrogen (secondary N) is 1. The molecule has 6 heteroatoms. The molecule has 1 aromatic heterocycles. The molecular formula is C19H24N2O4. The number of carbonyl (C=O) groups excluding carboxylic acids is 1. The van der Waals surface area contributed by atoms with Crippen LogP contribution in [0.3, 0.4) is 0 Å². The van der Waals surface area contributed by atoms with Crippen molar-refractivity contribution in [3.63, 3.8) is 0 Å². The number of pyridine rings is 1. The number of rotatable bonds is 7. The molecule has 0 aliphatic rings. The van der Waals surface area contributed by atoms with E-state index in [-0.39, 0.29) is 12.3 Å². The fraction of sp³-hybridized carbons (Fsp3) is 0.368. The van der Waals surface area contributed by atoms with Gasteiger partial charge in [0.15, 0.2) is 0 Å². The molecule has 2 rings (SSSR count). The topological polar surface area (TPSA) is 69.7 Å². The molecule has 1 N–H and O–H groups in total. The lowest BCUT2D eigenvalue weighted by Gasteiger charge is -2.26. The van der Waals surface area contributed by atoms with Crippen molar-refractivity contribution in [1.82, 2.24) is 10.3 Å². The summed E-state index contributed by atoms with van der Waals surface area (Å²) in [6, 6.07) is 9.08. The molecule has 25 heavy (non-hydrogen) atoms. The fourth-order valence-corrected chi connectivity index (χ4v) is 2.60. The molecule has 0 unspecified atom stereocenters. The smallest absolute Gasteiger partial charge is 0.225 e.